The van der Waals surface area contributed by atoms with Crippen LogP contribution in [0.5, 0.6) is 0 Å². The van der Waals surface area contributed by atoms with Crippen molar-refractivity contribution in [3.05, 3.63) is 71.8 Å². The zero-order valence-corrected chi connectivity index (χ0v) is 13.5. The fraction of sp³-hybridized carbons (Fsp3) is 0.300. The Morgan fingerprint density at radius 3 is 2.22 bits per heavy atom. The van der Waals surface area contributed by atoms with E-state index < -0.39 is 5.54 Å². The highest BCUT2D eigenvalue weighted by Crippen LogP contribution is 2.33. The van der Waals surface area contributed by atoms with Gasteiger partial charge in [-0.15, -0.1) is 0 Å². The van der Waals surface area contributed by atoms with Crippen LogP contribution in [0.3, 0.4) is 0 Å². The maximum atomic E-state index is 12.7. The van der Waals surface area contributed by atoms with Gasteiger partial charge in [0.2, 0.25) is 5.90 Å². The number of rotatable bonds is 5. The van der Waals surface area contributed by atoms with E-state index in [0.717, 1.165) is 11.1 Å². The number of aliphatic imine (C=N–C) groups is 1. The molecule has 0 bridgehead atoms. The van der Waals surface area contributed by atoms with Crippen molar-refractivity contribution in [2.24, 2.45) is 10.9 Å². The van der Waals surface area contributed by atoms with Crippen LogP contribution in [0.2, 0.25) is 0 Å². The lowest BCUT2D eigenvalue weighted by Crippen LogP contribution is -2.37. The number of nitrogens with zero attached hydrogens (tertiary/aromatic N) is 1. The smallest absolute Gasteiger partial charge is 0.341 e. The molecule has 1 aliphatic rings. The fourth-order valence-corrected chi connectivity index (χ4v) is 3.07. The largest absolute Gasteiger partial charge is 0.405 e. The first-order valence-electron chi connectivity index (χ1n) is 8.00. The molecule has 0 amide bonds. The summed E-state index contributed by atoms with van der Waals surface area (Å²) < 4.78 is 5.55. The summed E-state index contributed by atoms with van der Waals surface area (Å²) >= 11 is 0. The van der Waals surface area contributed by atoms with Gasteiger partial charge in [-0.2, -0.15) is 0 Å². The van der Waals surface area contributed by atoms with E-state index in [1.54, 1.807) is 0 Å². The van der Waals surface area contributed by atoms with Gasteiger partial charge in [-0.3, -0.25) is 0 Å². The molecule has 1 heterocycles. The van der Waals surface area contributed by atoms with Crippen molar-refractivity contribution in [1.82, 2.24) is 0 Å². The van der Waals surface area contributed by atoms with Crippen LogP contribution < -0.4 is 0 Å². The van der Waals surface area contributed by atoms with Crippen molar-refractivity contribution in [1.29, 1.82) is 0 Å². The lowest BCUT2D eigenvalue weighted by atomic mass is 9.84. The van der Waals surface area contributed by atoms with Crippen molar-refractivity contribution >= 4 is 11.9 Å². The second-order valence-electron chi connectivity index (χ2n) is 6.46. The number of benzene rings is 2. The van der Waals surface area contributed by atoms with Gasteiger partial charge in [0.1, 0.15) is 0 Å². The van der Waals surface area contributed by atoms with Crippen LogP contribution in [0.1, 0.15) is 31.4 Å². The molecule has 2 aromatic rings. The van der Waals surface area contributed by atoms with Gasteiger partial charge in [0, 0.05) is 12.0 Å². The van der Waals surface area contributed by atoms with E-state index in [-0.39, 0.29) is 5.97 Å². The van der Waals surface area contributed by atoms with Crippen LogP contribution in [-0.2, 0) is 16.0 Å². The molecular weight excluding hydrogens is 286 g/mol. The van der Waals surface area contributed by atoms with Crippen molar-refractivity contribution < 1.29 is 9.53 Å². The maximum Gasteiger partial charge on any atom is 0.341 e. The number of ether oxygens (including phenoxy) is 1. The third kappa shape index (κ3) is 3.34. The van der Waals surface area contributed by atoms with Crippen LogP contribution >= 0.6 is 0 Å². The fourth-order valence-electron chi connectivity index (χ4n) is 3.07. The minimum atomic E-state index is -0.819. The Kier molecular flexibility index (Phi) is 4.28. The third-order valence-corrected chi connectivity index (χ3v) is 3.99. The molecule has 0 saturated carbocycles. The number of esters is 1. The average Bonchev–Trinajstić information content (AvgIpc) is 2.85. The Morgan fingerprint density at radius 2 is 1.61 bits per heavy atom. The molecular formula is C20H21NO2. The quantitative estimate of drug-likeness (QED) is 0.783. The lowest BCUT2D eigenvalue weighted by Gasteiger charge is -2.24. The van der Waals surface area contributed by atoms with E-state index in [2.05, 4.69) is 13.8 Å². The summed E-state index contributed by atoms with van der Waals surface area (Å²) in [7, 11) is 0. The summed E-state index contributed by atoms with van der Waals surface area (Å²) in [6.45, 7) is 4.21. The first kappa shape index (κ1) is 15.5. The molecule has 0 saturated heterocycles. The maximum absolute atomic E-state index is 12.7. The van der Waals surface area contributed by atoms with E-state index in [4.69, 9.17) is 9.73 Å². The molecule has 0 aromatic heterocycles. The van der Waals surface area contributed by atoms with Gasteiger partial charge in [0.25, 0.3) is 0 Å². The van der Waals surface area contributed by atoms with Gasteiger partial charge < -0.3 is 4.74 Å². The molecule has 0 fully saturated rings. The molecule has 0 radical (unpaired) electrons. The predicted octanol–water partition coefficient (Wildman–Crippen LogP) is 4.02. The molecule has 0 spiro atoms. The standard InChI is InChI=1S/C20H21NO2/c1-15(2)13-20(14-16-9-5-3-6-10-16)19(22)23-18(21-20)17-11-7-4-8-12-17/h3-12,15H,13-14H2,1-2H3/t20-/m1/s1. The Morgan fingerprint density at radius 1 is 1.00 bits per heavy atom. The summed E-state index contributed by atoms with van der Waals surface area (Å²) in [5.41, 5.74) is 1.13. The first-order valence-corrected chi connectivity index (χ1v) is 8.00. The summed E-state index contributed by atoms with van der Waals surface area (Å²) in [6, 6.07) is 19.6. The monoisotopic (exact) mass is 307 g/mol. The molecule has 2 aromatic carbocycles. The van der Waals surface area contributed by atoms with E-state index in [0.29, 0.717) is 24.7 Å². The SMILES string of the molecule is CC(C)C[C@]1(Cc2ccccc2)N=C(c2ccccc2)OC1=O. The normalized spacial score (nSPS) is 20.5. The van der Waals surface area contributed by atoms with E-state index in [9.17, 15) is 4.79 Å². The summed E-state index contributed by atoms with van der Waals surface area (Å²) in [6.07, 6.45) is 1.25. The summed E-state index contributed by atoms with van der Waals surface area (Å²) in [5, 5.41) is 0. The highest BCUT2D eigenvalue weighted by molar-refractivity contribution is 6.08. The number of hydrogen-bond acceptors (Lipinski definition) is 3. The van der Waals surface area contributed by atoms with Crippen LogP contribution in [0.4, 0.5) is 0 Å². The molecule has 1 atom stereocenters. The molecule has 3 rings (SSSR count). The van der Waals surface area contributed by atoms with Crippen LogP contribution in [-0.4, -0.2) is 17.4 Å². The van der Waals surface area contributed by atoms with Gasteiger partial charge in [-0.1, -0.05) is 62.4 Å². The van der Waals surface area contributed by atoms with Gasteiger partial charge in [0.15, 0.2) is 5.54 Å². The first-order chi connectivity index (χ1) is 11.1. The molecule has 23 heavy (non-hydrogen) atoms. The van der Waals surface area contributed by atoms with Crippen molar-refractivity contribution in [3.63, 3.8) is 0 Å². The summed E-state index contributed by atoms with van der Waals surface area (Å²) in [4.78, 5) is 17.4. The van der Waals surface area contributed by atoms with E-state index in [1.807, 2.05) is 60.7 Å². The lowest BCUT2D eigenvalue weighted by molar-refractivity contribution is -0.139. The molecule has 0 N–H and O–H groups in total. The molecule has 3 nitrogen and oxygen atoms in total. The Bertz CT molecular complexity index is 707. The average molecular weight is 307 g/mol. The Hall–Kier alpha value is -2.42. The van der Waals surface area contributed by atoms with Gasteiger partial charge >= 0.3 is 5.97 Å². The number of carbonyl (C=O) groups excluding carboxylic acids is 1. The second-order valence-corrected chi connectivity index (χ2v) is 6.46. The van der Waals surface area contributed by atoms with Crippen molar-refractivity contribution in [2.75, 3.05) is 0 Å². The molecule has 118 valence electrons. The molecule has 1 aliphatic heterocycles. The van der Waals surface area contributed by atoms with E-state index in [1.165, 1.54) is 0 Å². The van der Waals surface area contributed by atoms with Crippen LogP contribution in [0.25, 0.3) is 0 Å². The molecule has 3 heteroatoms. The number of carbonyl (C=O) groups is 1. The minimum absolute atomic E-state index is 0.242. The molecule has 0 unspecified atom stereocenters. The molecule has 0 aliphatic carbocycles. The third-order valence-electron chi connectivity index (χ3n) is 3.99. The summed E-state index contributed by atoms with van der Waals surface area (Å²) in [5.74, 6) is 0.547. The second kappa shape index (κ2) is 6.37. The van der Waals surface area contributed by atoms with Gasteiger partial charge in [-0.05, 0) is 30.0 Å². The zero-order chi connectivity index (χ0) is 16.3. The van der Waals surface area contributed by atoms with Gasteiger partial charge in [-0.25, -0.2) is 9.79 Å². The zero-order valence-electron chi connectivity index (χ0n) is 13.5. The van der Waals surface area contributed by atoms with Gasteiger partial charge in [0.05, 0.1) is 0 Å². The minimum Gasteiger partial charge on any atom is -0.405 e. The highest BCUT2D eigenvalue weighted by Gasteiger charge is 2.46. The predicted molar refractivity (Wildman–Crippen MR) is 91.4 cm³/mol. The van der Waals surface area contributed by atoms with Crippen LogP contribution in [0.15, 0.2) is 65.7 Å². The van der Waals surface area contributed by atoms with Crippen molar-refractivity contribution in [2.45, 2.75) is 32.2 Å². The Labute approximate surface area is 137 Å². The van der Waals surface area contributed by atoms with E-state index >= 15 is 0 Å². The number of cyclic esters (lactones) is 1. The van der Waals surface area contributed by atoms with Crippen LogP contribution in [0, 0.1) is 5.92 Å². The highest BCUT2D eigenvalue weighted by atomic mass is 16.6. The topological polar surface area (TPSA) is 38.7 Å². The Balaban J connectivity index is 1.98. The van der Waals surface area contributed by atoms with Crippen molar-refractivity contribution in [3.8, 4) is 0 Å². The number of hydrogen-bond donors (Lipinski definition) is 0.